The van der Waals surface area contributed by atoms with E-state index in [1.807, 2.05) is 30.3 Å². The molecule has 1 aromatic rings. The second-order valence-corrected chi connectivity index (χ2v) is 5.25. The monoisotopic (exact) mass is 290 g/mol. The molecule has 114 valence electrons. The van der Waals surface area contributed by atoms with Crippen LogP contribution in [-0.4, -0.2) is 36.6 Å². The number of nitrogens with one attached hydrogen (secondary N) is 1. The van der Waals surface area contributed by atoms with Crippen LogP contribution in [0.4, 0.5) is 10.5 Å². The molecule has 0 bridgehead atoms. The maximum atomic E-state index is 12.5. The van der Waals surface area contributed by atoms with Crippen molar-refractivity contribution in [1.29, 1.82) is 0 Å². The van der Waals surface area contributed by atoms with E-state index in [1.54, 1.807) is 4.90 Å². The van der Waals surface area contributed by atoms with Crippen LogP contribution in [0.15, 0.2) is 30.3 Å². The number of carbonyl (C=O) groups is 2. The van der Waals surface area contributed by atoms with E-state index in [2.05, 4.69) is 10.1 Å². The molecule has 21 heavy (non-hydrogen) atoms. The zero-order valence-corrected chi connectivity index (χ0v) is 12.4. The summed E-state index contributed by atoms with van der Waals surface area (Å²) in [6, 6.07) is 9.45. The van der Waals surface area contributed by atoms with E-state index >= 15 is 0 Å². The van der Waals surface area contributed by atoms with Crippen molar-refractivity contribution < 1.29 is 14.3 Å². The predicted molar refractivity (Wildman–Crippen MR) is 81.1 cm³/mol. The Morgan fingerprint density at radius 1 is 1.24 bits per heavy atom. The minimum atomic E-state index is -0.287. The van der Waals surface area contributed by atoms with Crippen molar-refractivity contribution in [3.63, 3.8) is 0 Å². The summed E-state index contributed by atoms with van der Waals surface area (Å²) in [5.74, 6) is -0.287. The highest BCUT2D eigenvalue weighted by Gasteiger charge is 2.27. The van der Waals surface area contributed by atoms with Crippen LogP contribution in [0.25, 0.3) is 0 Å². The maximum Gasteiger partial charge on any atom is 0.322 e. The number of esters is 1. The van der Waals surface area contributed by atoms with Gasteiger partial charge in [0.1, 0.15) is 0 Å². The molecule has 1 saturated carbocycles. The summed E-state index contributed by atoms with van der Waals surface area (Å²) in [4.78, 5) is 25.6. The third-order valence-electron chi connectivity index (χ3n) is 3.84. The fourth-order valence-corrected chi connectivity index (χ4v) is 2.70. The number of anilines is 1. The van der Waals surface area contributed by atoms with Gasteiger partial charge in [-0.05, 0) is 25.0 Å². The van der Waals surface area contributed by atoms with Gasteiger partial charge in [-0.2, -0.15) is 0 Å². The minimum Gasteiger partial charge on any atom is -0.469 e. The Bertz CT molecular complexity index is 470. The van der Waals surface area contributed by atoms with Gasteiger partial charge in [-0.3, -0.25) is 4.79 Å². The number of urea groups is 1. The number of ether oxygens (including phenoxy) is 1. The van der Waals surface area contributed by atoms with Crippen LogP contribution >= 0.6 is 0 Å². The van der Waals surface area contributed by atoms with E-state index in [-0.39, 0.29) is 24.5 Å². The van der Waals surface area contributed by atoms with Gasteiger partial charge >= 0.3 is 12.0 Å². The average Bonchev–Trinajstić information content (AvgIpc) is 3.02. The van der Waals surface area contributed by atoms with Crippen LogP contribution in [0.1, 0.15) is 32.1 Å². The van der Waals surface area contributed by atoms with Crippen molar-refractivity contribution in [2.45, 2.75) is 38.1 Å². The first-order valence-electron chi connectivity index (χ1n) is 7.40. The molecule has 1 N–H and O–H groups in total. The van der Waals surface area contributed by atoms with Gasteiger partial charge in [-0.25, -0.2) is 4.79 Å². The normalized spacial score (nSPS) is 14.7. The fourth-order valence-electron chi connectivity index (χ4n) is 2.70. The standard InChI is InChI=1S/C16H22N2O3/c1-21-15(19)11-12-18(14-9-5-6-10-14)16(20)17-13-7-3-2-4-8-13/h2-4,7-8,14H,5-6,9-12H2,1H3,(H,17,20). The van der Waals surface area contributed by atoms with Crippen LogP contribution in [0.2, 0.25) is 0 Å². The van der Waals surface area contributed by atoms with Crippen LogP contribution < -0.4 is 5.32 Å². The molecule has 0 aliphatic heterocycles. The zero-order chi connectivity index (χ0) is 15.1. The number of benzene rings is 1. The lowest BCUT2D eigenvalue weighted by Crippen LogP contribution is -2.42. The van der Waals surface area contributed by atoms with E-state index in [4.69, 9.17) is 0 Å². The van der Waals surface area contributed by atoms with Crippen molar-refractivity contribution in [3.05, 3.63) is 30.3 Å². The Hall–Kier alpha value is -2.04. The van der Waals surface area contributed by atoms with E-state index in [9.17, 15) is 9.59 Å². The van der Waals surface area contributed by atoms with Gasteiger partial charge in [-0.15, -0.1) is 0 Å². The van der Waals surface area contributed by atoms with Crippen LogP contribution in [0.5, 0.6) is 0 Å². The molecule has 0 saturated heterocycles. The first-order chi connectivity index (χ1) is 10.2. The highest BCUT2D eigenvalue weighted by Crippen LogP contribution is 2.24. The Morgan fingerprint density at radius 2 is 1.90 bits per heavy atom. The van der Waals surface area contributed by atoms with Crippen molar-refractivity contribution >= 4 is 17.7 Å². The van der Waals surface area contributed by atoms with Crippen molar-refractivity contribution in [3.8, 4) is 0 Å². The smallest absolute Gasteiger partial charge is 0.322 e. The first kappa shape index (κ1) is 15.4. The number of methoxy groups -OCH3 is 1. The predicted octanol–water partition coefficient (Wildman–Crippen LogP) is 3.03. The second-order valence-electron chi connectivity index (χ2n) is 5.25. The van der Waals surface area contributed by atoms with Crippen molar-refractivity contribution in [1.82, 2.24) is 4.90 Å². The topological polar surface area (TPSA) is 58.6 Å². The van der Waals surface area contributed by atoms with Gasteiger partial charge in [0.25, 0.3) is 0 Å². The molecule has 0 heterocycles. The Labute approximate surface area is 125 Å². The molecule has 5 heteroatoms. The molecule has 1 fully saturated rings. The number of carbonyl (C=O) groups excluding carboxylic acids is 2. The summed E-state index contributed by atoms with van der Waals surface area (Å²) in [6.07, 6.45) is 4.51. The molecule has 1 aromatic carbocycles. The number of amides is 2. The van der Waals surface area contributed by atoms with Crippen molar-refractivity contribution in [2.75, 3.05) is 19.0 Å². The van der Waals surface area contributed by atoms with E-state index in [0.29, 0.717) is 6.54 Å². The highest BCUT2D eigenvalue weighted by atomic mass is 16.5. The molecule has 0 aromatic heterocycles. The lowest BCUT2D eigenvalue weighted by atomic mass is 10.2. The van der Waals surface area contributed by atoms with Crippen LogP contribution in [0.3, 0.4) is 0 Å². The van der Waals surface area contributed by atoms with E-state index in [0.717, 1.165) is 31.4 Å². The lowest BCUT2D eigenvalue weighted by Gasteiger charge is -2.28. The van der Waals surface area contributed by atoms with Gasteiger partial charge in [0.15, 0.2) is 0 Å². The van der Waals surface area contributed by atoms with Gasteiger partial charge in [0.2, 0.25) is 0 Å². The SMILES string of the molecule is COC(=O)CCN(C(=O)Nc1ccccc1)C1CCCC1. The Balaban J connectivity index is 1.99. The summed E-state index contributed by atoms with van der Waals surface area (Å²) in [5, 5.41) is 2.90. The number of para-hydroxylation sites is 1. The molecule has 0 spiro atoms. The Kier molecular flexibility index (Phi) is 5.60. The molecule has 0 radical (unpaired) electrons. The van der Waals surface area contributed by atoms with Crippen LogP contribution in [-0.2, 0) is 9.53 Å². The van der Waals surface area contributed by atoms with E-state index in [1.165, 1.54) is 7.11 Å². The molecule has 0 atom stereocenters. The number of hydrogen-bond donors (Lipinski definition) is 1. The number of rotatable bonds is 5. The number of hydrogen-bond acceptors (Lipinski definition) is 3. The zero-order valence-electron chi connectivity index (χ0n) is 12.4. The second kappa shape index (κ2) is 7.67. The van der Waals surface area contributed by atoms with Gasteiger partial charge in [-0.1, -0.05) is 31.0 Å². The van der Waals surface area contributed by atoms with Gasteiger partial charge in [0, 0.05) is 18.3 Å². The molecule has 5 nitrogen and oxygen atoms in total. The fraction of sp³-hybridized carbons (Fsp3) is 0.500. The van der Waals surface area contributed by atoms with Crippen molar-refractivity contribution in [2.24, 2.45) is 0 Å². The third-order valence-corrected chi connectivity index (χ3v) is 3.84. The summed E-state index contributed by atoms with van der Waals surface area (Å²) in [7, 11) is 1.37. The molecule has 1 aliphatic rings. The number of nitrogens with zero attached hydrogens (tertiary/aromatic N) is 1. The minimum absolute atomic E-state index is 0.142. The Morgan fingerprint density at radius 3 is 2.52 bits per heavy atom. The summed E-state index contributed by atoms with van der Waals surface area (Å²) in [5.41, 5.74) is 0.767. The summed E-state index contributed by atoms with van der Waals surface area (Å²) < 4.78 is 4.66. The largest absolute Gasteiger partial charge is 0.469 e. The molecule has 2 rings (SSSR count). The third kappa shape index (κ3) is 4.48. The summed E-state index contributed by atoms with van der Waals surface area (Å²) in [6.45, 7) is 0.399. The first-order valence-corrected chi connectivity index (χ1v) is 7.40. The quantitative estimate of drug-likeness (QED) is 0.848. The van der Waals surface area contributed by atoms with Gasteiger partial charge in [0.05, 0.1) is 13.5 Å². The molecular formula is C16H22N2O3. The van der Waals surface area contributed by atoms with E-state index < -0.39 is 0 Å². The molecule has 2 amide bonds. The highest BCUT2D eigenvalue weighted by molar-refractivity contribution is 5.89. The summed E-state index contributed by atoms with van der Waals surface area (Å²) >= 11 is 0. The molecule has 0 unspecified atom stereocenters. The lowest BCUT2D eigenvalue weighted by molar-refractivity contribution is -0.140. The maximum absolute atomic E-state index is 12.5. The van der Waals surface area contributed by atoms with Gasteiger partial charge < -0.3 is 15.0 Å². The van der Waals surface area contributed by atoms with Crippen LogP contribution in [0, 0.1) is 0 Å². The average molecular weight is 290 g/mol. The molecular weight excluding hydrogens is 268 g/mol. The molecule has 1 aliphatic carbocycles.